The smallest absolute Gasteiger partial charge is 0.205 e. The van der Waals surface area contributed by atoms with Gasteiger partial charge in [0.2, 0.25) is 17.4 Å². The summed E-state index contributed by atoms with van der Waals surface area (Å²) >= 11 is 0. The molecule has 0 amide bonds. The molecule has 5 aromatic carbocycles. The van der Waals surface area contributed by atoms with Crippen LogP contribution in [-0.2, 0) is 21.0 Å². The zero-order valence-electron chi connectivity index (χ0n) is 28.9. The first kappa shape index (κ1) is 40.4. The highest BCUT2D eigenvalue weighted by Crippen LogP contribution is 2.43. The molecule has 0 bridgehead atoms. The zero-order valence-corrected chi connectivity index (χ0v) is 30.5. The van der Waals surface area contributed by atoms with Crippen molar-refractivity contribution in [1.29, 1.82) is 0 Å². The van der Waals surface area contributed by atoms with Crippen molar-refractivity contribution in [3.8, 4) is 11.5 Å². The number of hydrogen-bond donors (Lipinski definition) is 0. The lowest BCUT2D eigenvalue weighted by molar-refractivity contribution is 0.341. The molecular weight excluding hydrogens is 730 g/mol. The van der Waals surface area contributed by atoms with Gasteiger partial charge in [-0.2, -0.15) is 8.78 Å². The van der Waals surface area contributed by atoms with Crippen molar-refractivity contribution in [1.82, 2.24) is 0 Å². The van der Waals surface area contributed by atoms with Gasteiger partial charge in [0.25, 0.3) is 0 Å². The molecule has 276 valence electrons. The molecule has 0 aliphatic rings. The lowest BCUT2D eigenvalue weighted by Gasteiger charge is -2.23. The van der Waals surface area contributed by atoms with Crippen LogP contribution in [0.1, 0.15) is 76.0 Å². The lowest BCUT2D eigenvalue weighted by Crippen LogP contribution is -2.12. The molecule has 13 heteroatoms. The van der Waals surface area contributed by atoms with Gasteiger partial charge in [-0.15, -0.1) is 0 Å². The Balaban J connectivity index is 0.000000243. The first-order chi connectivity index (χ1) is 24.3. The van der Waals surface area contributed by atoms with Crippen LogP contribution >= 0.6 is 0 Å². The quantitative estimate of drug-likeness (QED) is 0.0649. The van der Waals surface area contributed by atoms with Crippen molar-refractivity contribution in [2.45, 2.75) is 78.9 Å². The molecule has 5 rings (SSSR count). The van der Waals surface area contributed by atoms with E-state index in [4.69, 9.17) is 4.74 Å². The average molecular weight is 765 g/mol. The minimum atomic E-state index is -5.79. The van der Waals surface area contributed by atoms with Crippen LogP contribution in [0.25, 0.3) is 0 Å². The van der Waals surface area contributed by atoms with Crippen molar-refractivity contribution in [2.75, 3.05) is 0 Å². The van der Waals surface area contributed by atoms with Crippen LogP contribution in [0.15, 0.2) is 105 Å². The summed E-state index contributed by atoms with van der Waals surface area (Å²) in [5, 5.41) is 0. The van der Waals surface area contributed by atoms with Crippen molar-refractivity contribution in [3.05, 3.63) is 142 Å². The Bertz CT molecular complexity index is 1970. The molecule has 0 atom stereocenters. The van der Waals surface area contributed by atoms with E-state index in [0.717, 1.165) is 20.2 Å². The van der Waals surface area contributed by atoms with Crippen molar-refractivity contribution < 1.29 is 48.4 Å². The maximum atomic E-state index is 14.5. The van der Waals surface area contributed by atoms with Gasteiger partial charge in [0, 0.05) is 0 Å². The van der Waals surface area contributed by atoms with Crippen LogP contribution in [0.4, 0.5) is 30.7 Å². The SMILES string of the molecule is CC(C)c1cc(C(C)C)c(Oc2c(F)c(F)c(S(=O)(=O)[O-])c(F)c2F)c(C(C)C)c1.Fc1ccc([S+](c2ccc(F)cc2)c2ccc(F)cc2)cc1. The second-order valence-corrected chi connectivity index (χ2v) is 16.0. The van der Waals surface area contributed by atoms with Gasteiger partial charge >= 0.3 is 0 Å². The summed E-state index contributed by atoms with van der Waals surface area (Å²) in [6.07, 6.45) is 0. The number of benzene rings is 5. The first-order valence-electron chi connectivity index (χ1n) is 16.0. The normalized spacial score (nSPS) is 11.7. The molecule has 0 aliphatic carbocycles. The van der Waals surface area contributed by atoms with Crippen LogP contribution in [-0.4, -0.2) is 13.0 Å². The Labute approximate surface area is 301 Å². The van der Waals surface area contributed by atoms with E-state index >= 15 is 0 Å². The van der Waals surface area contributed by atoms with Gasteiger partial charge in [-0.05, 0) is 107 Å². The van der Waals surface area contributed by atoms with Crippen molar-refractivity contribution in [2.24, 2.45) is 0 Å². The fraction of sp³-hybridized carbons (Fsp3) is 0.231. The highest BCUT2D eigenvalue weighted by Gasteiger charge is 2.32. The fourth-order valence-electron chi connectivity index (χ4n) is 5.13. The van der Waals surface area contributed by atoms with E-state index in [1.807, 2.05) is 41.5 Å². The van der Waals surface area contributed by atoms with Crippen LogP contribution in [0.5, 0.6) is 11.5 Å². The van der Waals surface area contributed by atoms with E-state index in [1.165, 1.54) is 36.4 Å². The van der Waals surface area contributed by atoms with Gasteiger partial charge in [-0.3, -0.25) is 0 Å². The summed E-state index contributed by atoms with van der Waals surface area (Å²) in [4.78, 5) is 0.451. The second-order valence-electron chi connectivity index (χ2n) is 12.6. The number of hydrogen-bond acceptors (Lipinski definition) is 4. The summed E-state index contributed by atoms with van der Waals surface area (Å²) in [6, 6.07) is 22.1. The maximum Gasteiger partial charge on any atom is 0.205 e. The summed E-state index contributed by atoms with van der Waals surface area (Å²) < 4.78 is 135. The molecular formula is C39H35F7O4S2. The van der Waals surface area contributed by atoms with Gasteiger partial charge in [0.05, 0.1) is 10.9 Å². The number of rotatable bonds is 9. The van der Waals surface area contributed by atoms with E-state index in [9.17, 15) is 43.7 Å². The lowest BCUT2D eigenvalue weighted by atomic mass is 9.88. The molecule has 0 radical (unpaired) electrons. The third kappa shape index (κ3) is 9.17. The Morgan fingerprint density at radius 3 is 1.12 bits per heavy atom. The molecule has 0 saturated heterocycles. The largest absolute Gasteiger partial charge is 0.744 e. The Morgan fingerprint density at radius 1 is 0.519 bits per heavy atom. The van der Waals surface area contributed by atoms with Gasteiger partial charge in [0.15, 0.2) is 26.3 Å². The number of ether oxygens (including phenoxy) is 1. The molecule has 0 N–H and O–H groups in total. The van der Waals surface area contributed by atoms with Gasteiger partial charge in [-0.1, -0.05) is 53.7 Å². The minimum absolute atomic E-state index is 0.0266. The third-order valence-corrected chi connectivity index (χ3v) is 11.0. The molecule has 0 saturated carbocycles. The Kier molecular flexibility index (Phi) is 12.9. The molecule has 4 nitrogen and oxygen atoms in total. The molecule has 52 heavy (non-hydrogen) atoms. The van der Waals surface area contributed by atoms with E-state index in [1.54, 1.807) is 48.5 Å². The van der Waals surface area contributed by atoms with Gasteiger partial charge in [-0.25, -0.2) is 30.4 Å². The molecule has 0 heterocycles. The minimum Gasteiger partial charge on any atom is -0.744 e. The van der Waals surface area contributed by atoms with E-state index in [2.05, 4.69) is 0 Å². The maximum absolute atomic E-state index is 14.5. The summed E-state index contributed by atoms with van der Waals surface area (Å²) in [6.45, 7) is 11.2. The molecule has 0 aliphatic heterocycles. The highest BCUT2D eigenvalue weighted by molar-refractivity contribution is 7.97. The second kappa shape index (κ2) is 16.6. The van der Waals surface area contributed by atoms with E-state index in [0.29, 0.717) is 11.1 Å². The molecule has 0 aromatic heterocycles. The van der Waals surface area contributed by atoms with E-state index in [-0.39, 0.29) is 41.0 Å². The first-order valence-corrected chi connectivity index (χ1v) is 18.6. The highest BCUT2D eigenvalue weighted by atomic mass is 32.2. The molecule has 5 aromatic rings. The zero-order chi connectivity index (χ0) is 38.7. The topological polar surface area (TPSA) is 66.4 Å². The van der Waals surface area contributed by atoms with Gasteiger partial charge < -0.3 is 9.29 Å². The molecule has 0 fully saturated rings. The standard InChI is InChI=1S/C21H24F4O4S.C18H12F3S/c1-9(2)12-7-13(10(3)4)19(14(8-12)11(5)6)29-20-15(22)17(24)21(30(26,27)28)18(25)16(20)23;19-13-1-7-16(8-2-13)22(17-9-3-14(20)4-10-17)18-11-5-15(21)6-12-18/h7-11H,1-6H3,(H,26,27,28);1-12H/q;+1/p-1. The Hall–Kier alpha value is -4.33. The van der Waals surface area contributed by atoms with Crippen LogP contribution < -0.4 is 4.74 Å². The van der Waals surface area contributed by atoms with Crippen LogP contribution in [0.3, 0.4) is 0 Å². The predicted octanol–water partition coefficient (Wildman–Crippen LogP) is 11.5. The summed E-state index contributed by atoms with van der Waals surface area (Å²) in [5.74, 6) is -11.4. The average Bonchev–Trinajstić information content (AvgIpc) is 3.07. The molecule has 0 spiro atoms. The van der Waals surface area contributed by atoms with Crippen molar-refractivity contribution >= 4 is 21.0 Å². The third-order valence-electron chi connectivity index (χ3n) is 7.86. The van der Waals surface area contributed by atoms with Crippen molar-refractivity contribution in [3.63, 3.8) is 0 Å². The summed E-state index contributed by atoms with van der Waals surface area (Å²) in [7, 11) is -6.33. The monoisotopic (exact) mass is 764 g/mol. The fourth-order valence-corrected chi connectivity index (χ4v) is 7.79. The van der Waals surface area contributed by atoms with Gasteiger partial charge in [0.1, 0.15) is 38.2 Å². The number of halogens is 7. The predicted molar refractivity (Wildman–Crippen MR) is 184 cm³/mol. The Morgan fingerprint density at radius 2 is 0.846 bits per heavy atom. The molecule has 0 unspecified atom stereocenters. The summed E-state index contributed by atoms with van der Waals surface area (Å²) in [5.41, 5.74) is 2.07. The van der Waals surface area contributed by atoms with Crippen LogP contribution in [0, 0.1) is 40.7 Å². The van der Waals surface area contributed by atoms with E-state index < -0.39 is 54.9 Å². The van der Waals surface area contributed by atoms with Crippen LogP contribution in [0.2, 0.25) is 0 Å².